The number of nitrogens with zero attached hydrogens (tertiary/aromatic N) is 1. The Hall–Kier alpha value is -0.710. The van der Waals surface area contributed by atoms with Gasteiger partial charge in [0.25, 0.3) is 0 Å². The van der Waals surface area contributed by atoms with Gasteiger partial charge in [-0.3, -0.25) is 4.79 Å². The van der Waals surface area contributed by atoms with E-state index in [0.717, 1.165) is 5.75 Å². The maximum Gasteiger partial charge on any atom is 0.241 e. The topological polar surface area (TPSA) is 80.5 Å². The van der Waals surface area contributed by atoms with E-state index >= 15 is 0 Å². The summed E-state index contributed by atoms with van der Waals surface area (Å²) in [6.07, 6.45) is 5.25. The Balaban J connectivity index is 2.90. The molecule has 1 aliphatic heterocycles. The minimum atomic E-state index is -3.29. The molecule has 0 aromatic heterocycles. The van der Waals surface area contributed by atoms with Crippen LogP contribution in [0.1, 0.15) is 13.3 Å². The molecular weight excluding hydrogens is 272 g/mol. The Bertz CT molecular complexity index is 442. The normalized spacial score (nSPS) is 22.3. The molecule has 0 bridgehead atoms. The summed E-state index contributed by atoms with van der Waals surface area (Å²) in [4.78, 5) is 13.5. The number of carbonyl (C=O) groups is 1. The smallest absolute Gasteiger partial charge is 0.241 e. The van der Waals surface area contributed by atoms with Crippen LogP contribution >= 0.6 is 11.8 Å². The maximum atomic E-state index is 12.1. The molecule has 0 aromatic rings. The van der Waals surface area contributed by atoms with Crippen LogP contribution < -0.4 is 5.73 Å². The van der Waals surface area contributed by atoms with Gasteiger partial charge in [0, 0.05) is 30.2 Å². The molecule has 2 N–H and O–H groups in total. The van der Waals surface area contributed by atoms with Crippen LogP contribution in [-0.2, 0) is 14.6 Å². The lowest BCUT2D eigenvalue weighted by molar-refractivity contribution is -0.132. The van der Waals surface area contributed by atoms with Crippen molar-refractivity contribution in [2.24, 2.45) is 5.73 Å². The van der Waals surface area contributed by atoms with Crippen LogP contribution in [0.25, 0.3) is 0 Å². The van der Waals surface area contributed by atoms with E-state index in [4.69, 9.17) is 12.2 Å². The SMILES string of the molecule is C#CCC(N)C(=O)N1CCSCC1S(=O)(=O)CC. The van der Waals surface area contributed by atoms with E-state index in [9.17, 15) is 13.2 Å². The van der Waals surface area contributed by atoms with Gasteiger partial charge in [-0.05, 0) is 0 Å². The highest BCUT2D eigenvalue weighted by Gasteiger charge is 2.37. The summed E-state index contributed by atoms with van der Waals surface area (Å²) in [6.45, 7) is 1.99. The second kappa shape index (κ2) is 6.45. The molecule has 2 atom stereocenters. The number of sulfone groups is 1. The summed E-state index contributed by atoms with van der Waals surface area (Å²) >= 11 is 1.54. The van der Waals surface area contributed by atoms with Crippen LogP contribution in [0.3, 0.4) is 0 Å². The lowest BCUT2D eigenvalue weighted by atomic mass is 10.2. The van der Waals surface area contributed by atoms with Crippen molar-refractivity contribution in [2.75, 3.05) is 23.8 Å². The number of carbonyl (C=O) groups excluding carboxylic acids is 1. The predicted molar refractivity (Wildman–Crippen MR) is 73.7 cm³/mol. The van der Waals surface area contributed by atoms with Crippen LogP contribution in [0.5, 0.6) is 0 Å². The summed E-state index contributed by atoms with van der Waals surface area (Å²) in [5, 5.41) is -0.766. The second-order valence-electron chi connectivity index (χ2n) is 4.03. The molecule has 1 aliphatic rings. The first kappa shape index (κ1) is 15.3. The zero-order valence-electron chi connectivity index (χ0n) is 10.3. The van der Waals surface area contributed by atoms with Crippen molar-refractivity contribution >= 4 is 27.5 Å². The Labute approximate surface area is 112 Å². The molecule has 7 heteroatoms. The number of terminal acetylenes is 1. The van der Waals surface area contributed by atoms with E-state index in [1.807, 2.05) is 0 Å². The summed E-state index contributed by atoms with van der Waals surface area (Å²) in [7, 11) is -3.29. The molecule has 0 saturated carbocycles. The first-order valence-electron chi connectivity index (χ1n) is 5.73. The monoisotopic (exact) mass is 290 g/mol. The number of rotatable bonds is 4. The Morgan fingerprint density at radius 1 is 1.67 bits per heavy atom. The molecule has 1 saturated heterocycles. The highest BCUT2D eigenvalue weighted by Crippen LogP contribution is 2.22. The molecule has 1 amide bonds. The van der Waals surface area contributed by atoms with E-state index in [1.54, 1.807) is 6.92 Å². The van der Waals surface area contributed by atoms with Crippen molar-refractivity contribution in [1.82, 2.24) is 4.90 Å². The van der Waals surface area contributed by atoms with Crippen LogP contribution in [-0.4, -0.2) is 54.4 Å². The van der Waals surface area contributed by atoms with Crippen LogP contribution in [0, 0.1) is 12.3 Å². The fraction of sp³-hybridized carbons (Fsp3) is 0.727. The fourth-order valence-electron chi connectivity index (χ4n) is 1.75. The lowest BCUT2D eigenvalue weighted by Crippen LogP contribution is -2.55. The molecule has 0 radical (unpaired) electrons. The van der Waals surface area contributed by atoms with Crippen molar-refractivity contribution in [3.63, 3.8) is 0 Å². The molecule has 18 heavy (non-hydrogen) atoms. The van der Waals surface area contributed by atoms with Crippen molar-refractivity contribution in [3.8, 4) is 12.3 Å². The number of amides is 1. The number of thioether (sulfide) groups is 1. The molecule has 2 unspecified atom stereocenters. The molecule has 0 spiro atoms. The van der Waals surface area contributed by atoms with Crippen LogP contribution in [0.4, 0.5) is 0 Å². The summed E-state index contributed by atoms with van der Waals surface area (Å²) < 4.78 is 23.9. The highest BCUT2D eigenvalue weighted by molar-refractivity contribution is 8.01. The average Bonchev–Trinajstić information content (AvgIpc) is 2.38. The van der Waals surface area contributed by atoms with Gasteiger partial charge in [-0.2, -0.15) is 11.8 Å². The third-order valence-electron chi connectivity index (χ3n) is 2.84. The van der Waals surface area contributed by atoms with E-state index in [2.05, 4.69) is 5.92 Å². The fourth-order valence-corrected chi connectivity index (χ4v) is 4.72. The summed E-state index contributed by atoms with van der Waals surface area (Å²) in [5.41, 5.74) is 5.67. The van der Waals surface area contributed by atoms with Crippen molar-refractivity contribution < 1.29 is 13.2 Å². The molecule has 5 nitrogen and oxygen atoms in total. The van der Waals surface area contributed by atoms with Gasteiger partial charge in [0.05, 0.1) is 6.04 Å². The van der Waals surface area contributed by atoms with Gasteiger partial charge in [-0.25, -0.2) is 8.42 Å². The molecule has 1 rings (SSSR count). The third kappa shape index (κ3) is 3.40. The number of hydrogen-bond donors (Lipinski definition) is 1. The van der Waals surface area contributed by atoms with E-state index in [1.165, 1.54) is 16.7 Å². The average molecular weight is 290 g/mol. The molecule has 1 heterocycles. The van der Waals surface area contributed by atoms with Gasteiger partial charge in [0.1, 0.15) is 5.37 Å². The largest absolute Gasteiger partial charge is 0.323 e. The highest BCUT2D eigenvalue weighted by atomic mass is 32.2. The maximum absolute atomic E-state index is 12.1. The lowest BCUT2D eigenvalue weighted by Gasteiger charge is -2.35. The number of hydrogen-bond acceptors (Lipinski definition) is 5. The van der Waals surface area contributed by atoms with Crippen molar-refractivity contribution in [3.05, 3.63) is 0 Å². The Morgan fingerprint density at radius 3 is 2.89 bits per heavy atom. The standard InChI is InChI=1S/C11H18N2O3S2/c1-3-5-9(12)11(14)13-6-7-17-8-10(13)18(15,16)4-2/h1,9-10H,4-8,12H2,2H3. The first-order valence-corrected chi connectivity index (χ1v) is 8.60. The van der Waals surface area contributed by atoms with Gasteiger partial charge in [0.15, 0.2) is 9.84 Å². The molecule has 1 fully saturated rings. The van der Waals surface area contributed by atoms with E-state index in [0.29, 0.717) is 12.3 Å². The third-order valence-corrected chi connectivity index (χ3v) is 6.13. The molecule has 102 valence electrons. The van der Waals surface area contributed by atoms with Gasteiger partial charge in [-0.1, -0.05) is 6.92 Å². The first-order chi connectivity index (χ1) is 8.44. The zero-order valence-corrected chi connectivity index (χ0v) is 12.0. The minimum Gasteiger partial charge on any atom is -0.323 e. The number of nitrogens with two attached hydrogens (primary N) is 1. The van der Waals surface area contributed by atoms with E-state index in [-0.39, 0.29) is 18.1 Å². The summed E-state index contributed by atoms with van der Waals surface area (Å²) in [6, 6.07) is -0.812. The quantitative estimate of drug-likeness (QED) is 0.717. The summed E-state index contributed by atoms with van der Waals surface area (Å²) in [5.74, 6) is 3.12. The molecule has 0 aromatic carbocycles. The zero-order chi connectivity index (χ0) is 13.8. The van der Waals surface area contributed by atoms with E-state index < -0.39 is 21.3 Å². The van der Waals surface area contributed by atoms with Gasteiger partial charge in [0.2, 0.25) is 5.91 Å². The van der Waals surface area contributed by atoms with Gasteiger partial charge >= 0.3 is 0 Å². The van der Waals surface area contributed by atoms with Gasteiger partial charge in [-0.15, -0.1) is 12.3 Å². The van der Waals surface area contributed by atoms with Crippen LogP contribution in [0.2, 0.25) is 0 Å². The Kier molecular flexibility index (Phi) is 5.50. The van der Waals surface area contributed by atoms with Crippen LogP contribution in [0.15, 0.2) is 0 Å². The van der Waals surface area contributed by atoms with Crippen molar-refractivity contribution in [1.29, 1.82) is 0 Å². The Morgan fingerprint density at radius 2 is 2.33 bits per heavy atom. The van der Waals surface area contributed by atoms with Gasteiger partial charge < -0.3 is 10.6 Å². The molecule has 0 aliphatic carbocycles. The minimum absolute atomic E-state index is 0.0202. The predicted octanol–water partition coefficient (Wildman–Crippen LogP) is -0.327. The second-order valence-corrected chi connectivity index (χ2v) is 7.62. The van der Waals surface area contributed by atoms with Crippen molar-refractivity contribution in [2.45, 2.75) is 24.8 Å². The molecular formula is C11H18N2O3S2.